The van der Waals surface area contributed by atoms with Gasteiger partial charge in [-0.1, -0.05) is 6.92 Å². The average Bonchev–Trinajstić information content (AvgIpc) is 3.05. The molecule has 0 spiro atoms. The zero-order valence-electron chi connectivity index (χ0n) is 12.1. The number of likely N-dealkylation sites (tertiary alicyclic amines) is 1. The first-order valence-corrected chi connectivity index (χ1v) is 7.29. The topological polar surface area (TPSA) is 42.3 Å². The van der Waals surface area contributed by atoms with Gasteiger partial charge in [0.25, 0.3) is 0 Å². The zero-order chi connectivity index (χ0) is 13.5. The number of nitrogens with one attached hydrogen (secondary N) is 1. The molecule has 1 atom stereocenters. The molecule has 5 nitrogen and oxygen atoms in total. The highest BCUT2D eigenvalue weighted by atomic mass is 16.5. The van der Waals surface area contributed by atoms with Crippen molar-refractivity contribution in [1.29, 1.82) is 0 Å². The summed E-state index contributed by atoms with van der Waals surface area (Å²) < 4.78 is 7.30. The van der Waals surface area contributed by atoms with Gasteiger partial charge in [0.1, 0.15) is 0 Å². The molecular formula is C14H26N4O. The maximum absolute atomic E-state index is 5.05. The van der Waals surface area contributed by atoms with Gasteiger partial charge in [-0.15, -0.1) is 0 Å². The fraction of sp³-hybridized carbons (Fsp3) is 0.786. The molecule has 1 aliphatic rings. The van der Waals surface area contributed by atoms with Crippen LogP contribution < -0.4 is 5.32 Å². The van der Waals surface area contributed by atoms with Crippen LogP contribution in [-0.4, -0.2) is 54.3 Å². The molecule has 0 radical (unpaired) electrons. The van der Waals surface area contributed by atoms with Crippen molar-refractivity contribution in [2.45, 2.75) is 26.3 Å². The highest BCUT2D eigenvalue weighted by Gasteiger charge is 2.21. The zero-order valence-corrected chi connectivity index (χ0v) is 12.1. The molecule has 1 fully saturated rings. The Kier molecular flexibility index (Phi) is 5.66. The molecule has 19 heavy (non-hydrogen) atoms. The Labute approximate surface area is 116 Å². The predicted octanol–water partition coefficient (Wildman–Crippen LogP) is 1.67. The molecule has 1 aliphatic heterocycles. The van der Waals surface area contributed by atoms with Crippen LogP contribution in [-0.2, 0) is 11.3 Å². The van der Waals surface area contributed by atoms with E-state index in [1.165, 1.54) is 26.1 Å². The Morgan fingerprint density at radius 2 is 2.42 bits per heavy atom. The molecule has 2 rings (SSSR count). The van der Waals surface area contributed by atoms with Gasteiger partial charge < -0.3 is 19.5 Å². The Bertz CT molecular complexity index is 366. The second-order valence-corrected chi connectivity index (χ2v) is 5.22. The molecule has 0 saturated carbocycles. The van der Waals surface area contributed by atoms with Crippen LogP contribution in [0.25, 0.3) is 0 Å². The van der Waals surface area contributed by atoms with E-state index in [0.717, 1.165) is 38.0 Å². The molecule has 1 aromatic rings. The number of nitrogens with zero attached hydrogens (tertiary/aromatic N) is 3. The van der Waals surface area contributed by atoms with E-state index in [2.05, 4.69) is 32.9 Å². The molecule has 108 valence electrons. The van der Waals surface area contributed by atoms with Crippen LogP contribution in [0.15, 0.2) is 12.4 Å². The van der Waals surface area contributed by atoms with E-state index in [1.54, 1.807) is 7.11 Å². The molecular weight excluding hydrogens is 240 g/mol. The standard InChI is InChI=1S/C14H26N4O/c1-3-17-8-5-13(11-17)12-18-9-7-16-14(18)15-6-4-10-19-2/h7,9,13H,3-6,8,10-12H2,1-2H3,(H,15,16). The third kappa shape index (κ3) is 4.21. The summed E-state index contributed by atoms with van der Waals surface area (Å²) in [4.78, 5) is 6.91. The molecule has 0 aliphatic carbocycles. The number of ether oxygens (including phenoxy) is 1. The van der Waals surface area contributed by atoms with Crippen LogP contribution in [0.2, 0.25) is 0 Å². The molecule has 0 amide bonds. The first-order chi connectivity index (χ1) is 9.33. The number of anilines is 1. The maximum Gasteiger partial charge on any atom is 0.202 e. The molecule has 0 aromatic carbocycles. The molecule has 1 N–H and O–H groups in total. The molecule has 5 heteroatoms. The fourth-order valence-corrected chi connectivity index (χ4v) is 2.67. The number of methoxy groups -OCH3 is 1. The van der Waals surface area contributed by atoms with Crippen LogP contribution in [0.1, 0.15) is 19.8 Å². The summed E-state index contributed by atoms with van der Waals surface area (Å²) in [7, 11) is 1.74. The van der Waals surface area contributed by atoms with Crippen molar-refractivity contribution in [2.24, 2.45) is 5.92 Å². The van der Waals surface area contributed by atoms with E-state index in [0.29, 0.717) is 0 Å². The van der Waals surface area contributed by atoms with Gasteiger partial charge in [0, 0.05) is 45.7 Å². The van der Waals surface area contributed by atoms with Gasteiger partial charge in [-0.2, -0.15) is 0 Å². The van der Waals surface area contributed by atoms with Gasteiger partial charge in [0.2, 0.25) is 5.95 Å². The van der Waals surface area contributed by atoms with Gasteiger partial charge in [-0.25, -0.2) is 4.98 Å². The Morgan fingerprint density at radius 3 is 3.16 bits per heavy atom. The van der Waals surface area contributed by atoms with Crippen molar-refractivity contribution in [2.75, 3.05) is 45.2 Å². The van der Waals surface area contributed by atoms with Crippen molar-refractivity contribution < 1.29 is 4.74 Å². The number of hydrogen-bond acceptors (Lipinski definition) is 4. The van der Waals surface area contributed by atoms with Crippen LogP contribution >= 0.6 is 0 Å². The van der Waals surface area contributed by atoms with E-state index >= 15 is 0 Å². The van der Waals surface area contributed by atoms with Crippen LogP contribution in [0.4, 0.5) is 5.95 Å². The van der Waals surface area contributed by atoms with Gasteiger partial charge >= 0.3 is 0 Å². The van der Waals surface area contributed by atoms with Crippen molar-refractivity contribution in [3.63, 3.8) is 0 Å². The van der Waals surface area contributed by atoms with E-state index in [1.807, 2.05) is 6.20 Å². The fourth-order valence-electron chi connectivity index (χ4n) is 2.67. The summed E-state index contributed by atoms with van der Waals surface area (Å²) >= 11 is 0. The van der Waals surface area contributed by atoms with Crippen molar-refractivity contribution in [1.82, 2.24) is 14.5 Å². The lowest BCUT2D eigenvalue weighted by molar-refractivity contribution is 0.197. The Morgan fingerprint density at radius 1 is 1.53 bits per heavy atom. The Hall–Kier alpha value is -1.07. The molecule has 1 saturated heterocycles. The number of imidazole rings is 1. The molecule has 1 aromatic heterocycles. The summed E-state index contributed by atoms with van der Waals surface area (Å²) in [6, 6.07) is 0. The number of aromatic nitrogens is 2. The van der Waals surface area contributed by atoms with Crippen LogP contribution in [0.3, 0.4) is 0 Å². The monoisotopic (exact) mass is 266 g/mol. The minimum Gasteiger partial charge on any atom is -0.385 e. The second-order valence-electron chi connectivity index (χ2n) is 5.22. The van der Waals surface area contributed by atoms with Gasteiger partial charge in [0.05, 0.1) is 0 Å². The smallest absolute Gasteiger partial charge is 0.202 e. The minimum absolute atomic E-state index is 0.758. The van der Waals surface area contributed by atoms with E-state index in [9.17, 15) is 0 Å². The van der Waals surface area contributed by atoms with Gasteiger partial charge in [-0.05, 0) is 31.8 Å². The van der Waals surface area contributed by atoms with Crippen molar-refractivity contribution >= 4 is 5.95 Å². The number of hydrogen-bond donors (Lipinski definition) is 1. The summed E-state index contributed by atoms with van der Waals surface area (Å²) in [6.07, 6.45) is 6.27. The third-order valence-electron chi connectivity index (χ3n) is 3.80. The lowest BCUT2D eigenvalue weighted by Crippen LogP contribution is -2.21. The first kappa shape index (κ1) is 14.3. The quantitative estimate of drug-likeness (QED) is 0.727. The van der Waals surface area contributed by atoms with Crippen LogP contribution in [0.5, 0.6) is 0 Å². The maximum atomic E-state index is 5.05. The minimum atomic E-state index is 0.758. The largest absolute Gasteiger partial charge is 0.385 e. The summed E-state index contributed by atoms with van der Waals surface area (Å²) in [6.45, 7) is 8.65. The van der Waals surface area contributed by atoms with E-state index in [4.69, 9.17) is 4.74 Å². The lowest BCUT2D eigenvalue weighted by atomic mass is 10.1. The SMILES string of the molecule is CCN1CCC(Cn2ccnc2NCCCOC)C1. The normalized spacial score (nSPS) is 20.0. The highest BCUT2D eigenvalue weighted by Crippen LogP contribution is 2.19. The van der Waals surface area contributed by atoms with Crippen molar-refractivity contribution in [3.8, 4) is 0 Å². The molecule has 0 bridgehead atoms. The third-order valence-corrected chi connectivity index (χ3v) is 3.80. The van der Waals surface area contributed by atoms with Gasteiger partial charge in [-0.3, -0.25) is 0 Å². The molecule has 1 unspecified atom stereocenters. The Balaban J connectivity index is 1.79. The highest BCUT2D eigenvalue weighted by molar-refractivity contribution is 5.25. The second kappa shape index (κ2) is 7.50. The van der Waals surface area contributed by atoms with Crippen LogP contribution in [0, 0.1) is 5.92 Å². The number of rotatable bonds is 8. The van der Waals surface area contributed by atoms with Gasteiger partial charge in [0.15, 0.2) is 0 Å². The van der Waals surface area contributed by atoms with Crippen molar-refractivity contribution in [3.05, 3.63) is 12.4 Å². The summed E-state index contributed by atoms with van der Waals surface area (Å²) in [5, 5.41) is 3.39. The molecule has 2 heterocycles. The summed E-state index contributed by atoms with van der Waals surface area (Å²) in [5.41, 5.74) is 0. The lowest BCUT2D eigenvalue weighted by Gasteiger charge is -2.15. The van der Waals surface area contributed by atoms with E-state index < -0.39 is 0 Å². The average molecular weight is 266 g/mol. The van der Waals surface area contributed by atoms with E-state index in [-0.39, 0.29) is 0 Å². The predicted molar refractivity (Wildman–Crippen MR) is 77.4 cm³/mol. The summed E-state index contributed by atoms with van der Waals surface area (Å²) in [5.74, 6) is 1.75. The first-order valence-electron chi connectivity index (χ1n) is 7.29.